The summed E-state index contributed by atoms with van der Waals surface area (Å²) >= 11 is 0. The Balaban J connectivity index is 1.41. The fourth-order valence-electron chi connectivity index (χ4n) is 3.47. The van der Waals surface area contributed by atoms with Crippen molar-refractivity contribution in [2.75, 3.05) is 44.0 Å². The van der Waals surface area contributed by atoms with E-state index >= 15 is 0 Å². The van der Waals surface area contributed by atoms with E-state index in [4.69, 9.17) is 0 Å². The number of carbonyl (C=O) groups is 2. The zero-order valence-electron chi connectivity index (χ0n) is 16.9. The second-order valence-corrected chi connectivity index (χ2v) is 7.29. The van der Waals surface area contributed by atoms with Crippen LogP contribution in [-0.4, -0.2) is 50.8 Å². The summed E-state index contributed by atoms with van der Waals surface area (Å²) in [4.78, 5) is 27.5. The highest BCUT2D eigenvalue weighted by Gasteiger charge is 2.22. The molecule has 1 atom stereocenters. The molecule has 3 amide bonds. The fraction of sp³-hybridized carbons (Fsp3) is 0.364. The van der Waals surface area contributed by atoms with Crippen LogP contribution in [0.4, 0.5) is 21.0 Å². The molecule has 0 spiro atoms. The molecule has 0 saturated carbocycles. The van der Waals surface area contributed by atoms with Crippen molar-refractivity contribution in [2.45, 2.75) is 13.0 Å². The lowest BCUT2D eigenvalue weighted by Gasteiger charge is -2.18. The molecule has 29 heavy (non-hydrogen) atoms. The van der Waals surface area contributed by atoms with Gasteiger partial charge in [0, 0.05) is 44.6 Å². The first-order chi connectivity index (χ1) is 14.0. The highest BCUT2D eigenvalue weighted by atomic mass is 16.5. The number of methoxy groups -OCH3 is 1. The first-order valence-corrected chi connectivity index (χ1v) is 9.78. The van der Waals surface area contributed by atoms with Crippen LogP contribution in [-0.2, 0) is 11.3 Å². The van der Waals surface area contributed by atoms with E-state index in [2.05, 4.69) is 32.4 Å². The first kappa shape index (κ1) is 20.5. The third-order valence-electron chi connectivity index (χ3n) is 5.08. The van der Waals surface area contributed by atoms with Crippen molar-refractivity contribution in [2.24, 2.45) is 5.92 Å². The number of hydrogen-bond acceptors (Lipinski definition) is 4. The molecule has 3 rings (SSSR count). The summed E-state index contributed by atoms with van der Waals surface area (Å²) in [7, 11) is 3.03. The molecule has 0 aromatic heterocycles. The second-order valence-electron chi connectivity index (χ2n) is 7.29. The lowest BCUT2D eigenvalue weighted by Crippen LogP contribution is -2.34. The summed E-state index contributed by atoms with van der Waals surface area (Å²) in [5.74, 6) is 0.442. The van der Waals surface area contributed by atoms with Crippen molar-refractivity contribution >= 4 is 23.5 Å². The molecule has 0 bridgehead atoms. The van der Waals surface area contributed by atoms with Crippen LogP contribution >= 0.6 is 0 Å². The molecule has 2 N–H and O–H groups in total. The van der Waals surface area contributed by atoms with Crippen LogP contribution in [0.2, 0.25) is 0 Å². The number of anilines is 2. The van der Waals surface area contributed by atoms with E-state index in [0.29, 0.717) is 24.7 Å². The van der Waals surface area contributed by atoms with Crippen LogP contribution in [0.3, 0.4) is 0 Å². The van der Waals surface area contributed by atoms with E-state index in [0.717, 1.165) is 25.1 Å². The molecular formula is C22H28N4O3. The van der Waals surface area contributed by atoms with Crippen LogP contribution < -0.4 is 15.5 Å². The van der Waals surface area contributed by atoms with Gasteiger partial charge in [0.2, 0.25) is 0 Å². The number of urea groups is 1. The Morgan fingerprint density at radius 3 is 2.55 bits per heavy atom. The normalized spacial score (nSPS) is 15.7. The van der Waals surface area contributed by atoms with Crippen molar-refractivity contribution in [3.8, 4) is 0 Å². The number of rotatable bonds is 6. The standard InChI is InChI=1S/C22H28N4O3/c1-25(22(28)29-2)15-17-8-10-19(11-9-17)24-21(27)23-14-18-12-13-26(16-18)20-6-4-3-5-7-20/h3-11,18H,12-16H2,1-2H3,(H2,23,24,27)/t18-/m0/s1. The van der Waals surface area contributed by atoms with Crippen LogP contribution in [0.5, 0.6) is 0 Å². The molecule has 1 aliphatic rings. The van der Waals surface area contributed by atoms with Crippen molar-refractivity contribution in [1.29, 1.82) is 0 Å². The molecule has 2 aromatic carbocycles. The number of para-hydroxylation sites is 1. The van der Waals surface area contributed by atoms with Gasteiger partial charge in [0.25, 0.3) is 0 Å². The van der Waals surface area contributed by atoms with E-state index in [1.165, 1.54) is 17.7 Å². The third-order valence-corrected chi connectivity index (χ3v) is 5.08. The predicted octanol–water partition coefficient (Wildman–Crippen LogP) is 3.53. The number of hydrogen-bond donors (Lipinski definition) is 2. The molecule has 1 fully saturated rings. The maximum atomic E-state index is 12.2. The number of nitrogens with one attached hydrogen (secondary N) is 2. The Morgan fingerprint density at radius 1 is 1.14 bits per heavy atom. The van der Waals surface area contributed by atoms with Crippen LogP contribution in [0, 0.1) is 5.92 Å². The van der Waals surface area contributed by atoms with E-state index < -0.39 is 0 Å². The molecule has 0 aliphatic carbocycles. The lowest BCUT2D eigenvalue weighted by atomic mass is 10.1. The molecule has 7 nitrogen and oxygen atoms in total. The molecule has 154 valence electrons. The maximum Gasteiger partial charge on any atom is 0.409 e. The Kier molecular flexibility index (Phi) is 6.94. The minimum absolute atomic E-state index is 0.206. The van der Waals surface area contributed by atoms with Gasteiger partial charge in [-0.3, -0.25) is 0 Å². The smallest absolute Gasteiger partial charge is 0.409 e. The van der Waals surface area contributed by atoms with Crippen molar-refractivity contribution in [3.63, 3.8) is 0 Å². The van der Waals surface area contributed by atoms with Gasteiger partial charge in [-0.15, -0.1) is 0 Å². The van der Waals surface area contributed by atoms with Gasteiger partial charge in [-0.2, -0.15) is 0 Å². The summed E-state index contributed by atoms with van der Waals surface area (Å²) < 4.78 is 4.68. The number of ether oxygens (including phenoxy) is 1. The molecule has 0 radical (unpaired) electrons. The first-order valence-electron chi connectivity index (χ1n) is 9.78. The summed E-state index contributed by atoms with van der Waals surface area (Å²) in [6.45, 7) is 3.06. The van der Waals surface area contributed by atoms with Crippen molar-refractivity contribution < 1.29 is 14.3 Å². The number of benzene rings is 2. The molecule has 1 saturated heterocycles. The maximum absolute atomic E-state index is 12.2. The molecular weight excluding hydrogens is 368 g/mol. The molecule has 2 aromatic rings. The quantitative estimate of drug-likeness (QED) is 0.783. The number of carbonyl (C=O) groups excluding carboxylic acids is 2. The van der Waals surface area contributed by atoms with Gasteiger partial charge in [-0.25, -0.2) is 9.59 Å². The number of nitrogens with zero attached hydrogens (tertiary/aromatic N) is 2. The molecule has 1 heterocycles. The minimum atomic E-state index is -0.385. The van der Waals surface area contributed by atoms with Gasteiger partial charge in [0.05, 0.1) is 7.11 Å². The predicted molar refractivity (Wildman–Crippen MR) is 114 cm³/mol. The fourth-order valence-corrected chi connectivity index (χ4v) is 3.47. The molecule has 1 aliphatic heterocycles. The molecule has 0 unspecified atom stereocenters. The van der Waals surface area contributed by atoms with Crippen LogP contribution in [0.25, 0.3) is 0 Å². The SMILES string of the molecule is COC(=O)N(C)Cc1ccc(NC(=O)NC[C@@H]2CCN(c3ccccc3)C2)cc1. The van der Waals surface area contributed by atoms with Gasteiger partial charge in [-0.05, 0) is 42.2 Å². The largest absolute Gasteiger partial charge is 0.453 e. The van der Waals surface area contributed by atoms with Crippen molar-refractivity contribution in [1.82, 2.24) is 10.2 Å². The average molecular weight is 396 g/mol. The summed E-state index contributed by atoms with van der Waals surface area (Å²) in [6.07, 6.45) is 0.682. The van der Waals surface area contributed by atoms with Gasteiger partial charge in [0.15, 0.2) is 0 Å². The van der Waals surface area contributed by atoms with Gasteiger partial charge >= 0.3 is 12.1 Å². The Labute approximate surface area is 171 Å². The van der Waals surface area contributed by atoms with Crippen LogP contribution in [0.15, 0.2) is 54.6 Å². The topological polar surface area (TPSA) is 73.9 Å². The monoisotopic (exact) mass is 396 g/mol. The molecule has 7 heteroatoms. The Morgan fingerprint density at radius 2 is 1.86 bits per heavy atom. The summed E-state index contributed by atoms with van der Waals surface area (Å²) in [6, 6.07) is 17.6. The highest BCUT2D eigenvalue weighted by Crippen LogP contribution is 2.23. The lowest BCUT2D eigenvalue weighted by molar-refractivity contribution is 0.131. The number of amides is 3. The average Bonchev–Trinajstić information content (AvgIpc) is 3.23. The van der Waals surface area contributed by atoms with Crippen LogP contribution in [0.1, 0.15) is 12.0 Å². The van der Waals surface area contributed by atoms with E-state index in [-0.39, 0.29) is 12.1 Å². The zero-order valence-corrected chi connectivity index (χ0v) is 16.9. The van der Waals surface area contributed by atoms with E-state index in [1.807, 2.05) is 42.5 Å². The Hall–Kier alpha value is -3.22. The van der Waals surface area contributed by atoms with E-state index in [1.54, 1.807) is 7.05 Å². The van der Waals surface area contributed by atoms with Gasteiger partial charge < -0.3 is 25.2 Å². The van der Waals surface area contributed by atoms with Crippen molar-refractivity contribution in [3.05, 3.63) is 60.2 Å². The minimum Gasteiger partial charge on any atom is -0.453 e. The highest BCUT2D eigenvalue weighted by molar-refractivity contribution is 5.89. The summed E-state index contributed by atoms with van der Waals surface area (Å²) in [5.41, 5.74) is 2.90. The Bertz CT molecular complexity index is 811. The van der Waals surface area contributed by atoms with Gasteiger partial charge in [-0.1, -0.05) is 30.3 Å². The third kappa shape index (κ3) is 5.88. The second kappa shape index (κ2) is 9.82. The zero-order chi connectivity index (χ0) is 20.6. The van der Waals surface area contributed by atoms with Gasteiger partial charge in [0.1, 0.15) is 0 Å². The summed E-state index contributed by atoms with van der Waals surface area (Å²) in [5, 5.41) is 5.82. The van der Waals surface area contributed by atoms with E-state index in [9.17, 15) is 9.59 Å².